The number of carbonyl (C=O) groups excluding carboxylic acids is 1. The smallest absolute Gasteiger partial charge is 0.260 e. The summed E-state index contributed by atoms with van der Waals surface area (Å²) in [5.41, 5.74) is 12.5. The maximum Gasteiger partial charge on any atom is 0.260 e. The number of rotatable bonds is 3. The number of carbonyl (C=O) groups is 1. The quantitative estimate of drug-likeness (QED) is 0.887. The lowest BCUT2D eigenvalue weighted by Crippen LogP contribution is -2.28. The Kier molecular flexibility index (Phi) is 3.48. The maximum atomic E-state index is 11.4. The molecule has 4 atom stereocenters. The third-order valence-electron chi connectivity index (χ3n) is 3.94. The first-order valence-electron chi connectivity index (χ1n) is 7.02. The van der Waals surface area contributed by atoms with Crippen molar-refractivity contribution < 1.29 is 19.0 Å². The summed E-state index contributed by atoms with van der Waals surface area (Å²) in [5.74, 6) is -1.16. The van der Waals surface area contributed by atoms with Gasteiger partial charge in [0.05, 0.1) is 11.8 Å². The number of nitrogen functional groups attached to an aromatic ring is 1. The van der Waals surface area contributed by atoms with Gasteiger partial charge in [-0.05, 0) is 25.6 Å². The van der Waals surface area contributed by atoms with E-state index in [1.807, 2.05) is 26.2 Å². The Bertz CT molecular complexity index is 571. The van der Waals surface area contributed by atoms with E-state index in [9.17, 15) is 4.79 Å². The summed E-state index contributed by atoms with van der Waals surface area (Å²) in [6.07, 6.45) is 0.113. The van der Waals surface area contributed by atoms with Crippen LogP contribution >= 0.6 is 11.3 Å². The summed E-state index contributed by atoms with van der Waals surface area (Å²) in [5, 5.41) is 1.82. The van der Waals surface area contributed by atoms with Crippen molar-refractivity contribution in [1.82, 2.24) is 0 Å². The third kappa shape index (κ3) is 2.34. The molecule has 3 heterocycles. The predicted octanol–water partition coefficient (Wildman–Crippen LogP) is 1.80. The van der Waals surface area contributed by atoms with E-state index in [0.717, 1.165) is 12.0 Å². The Morgan fingerprint density at radius 1 is 1.38 bits per heavy atom. The summed E-state index contributed by atoms with van der Waals surface area (Å²) in [7, 11) is 0. The van der Waals surface area contributed by atoms with Crippen LogP contribution < -0.4 is 11.5 Å². The second-order valence-corrected chi connectivity index (χ2v) is 6.75. The van der Waals surface area contributed by atoms with E-state index in [1.165, 1.54) is 11.3 Å². The summed E-state index contributed by atoms with van der Waals surface area (Å²) in [6, 6.07) is 0. The minimum atomic E-state index is -0.637. The van der Waals surface area contributed by atoms with Crippen molar-refractivity contribution in [2.75, 3.05) is 5.73 Å². The molecule has 7 heteroatoms. The van der Waals surface area contributed by atoms with Crippen LogP contribution in [0.25, 0.3) is 0 Å². The molecule has 1 aromatic rings. The van der Waals surface area contributed by atoms with Crippen LogP contribution in [0.3, 0.4) is 0 Å². The standard InChI is InChI=1S/C14H20N2O4S/c1-4-7-10-11(20-14(2,3)19-10)9(18-7)6-5-21-12(8(6)15)13(16)17/h5,7,9-11H,4,15H2,1-3H3,(H2,16,17)/t7-,9+,10+,11?/m1/s1. The highest BCUT2D eigenvalue weighted by atomic mass is 32.1. The molecule has 0 spiro atoms. The lowest BCUT2D eigenvalue weighted by Gasteiger charge is -2.23. The summed E-state index contributed by atoms with van der Waals surface area (Å²) in [4.78, 5) is 11.7. The highest BCUT2D eigenvalue weighted by Crippen LogP contribution is 2.48. The molecule has 0 aliphatic carbocycles. The lowest BCUT2D eigenvalue weighted by atomic mass is 10.0. The van der Waals surface area contributed by atoms with Gasteiger partial charge in [0.25, 0.3) is 5.91 Å². The molecule has 0 radical (unpaired) electrons. The molecule has 2 aliphatic rings. The normalized spacial score (nSPS) is 34.0. The van der Waals surface area contributed by atoms with Gasteiger partial charge in [-0.25, -0.2) is 0 Å². The number of hydrogen-bond donors (Lipinski definition) is 2. The molecule has 6 nitrogen and oxygen atoms in total. The Morgan fingerprint density at radius 2 is 2.05 bits per heavy atom. The van der Waals surface area contributed by atoms with Gasteiger partial charge in [0.15, 0.2) is 5.79 Å². The third-order valence-corrected chi connectivity index (χ3v) is 4.97. The molecule has 0 bridgehead atoms. The van der Waals surface area contributed by atoms with E-state index < -0.39 is 11.7 Å². The molecule has 2 fully saturated rings. The minimum Gasteiger partial charge on any atom is -0.397 e. The number of ether oxygens (including phenoxy) is 3. The zero-order valence-electron chi connectivity index (χ0n) is 12.3. The van der Waals surface area contributed by atoms with Crippen LogP contribution in [0.1, 0.15) is 48.5 Å². The Balaban J connectivity index is 1.94. The van der Waals surface area contributed by atoms with Crippen LogP contribution in [0.15, 0.2) is 5.38 Å². The zero-order chi connectivity index (χ0) is 15.4. The Labute approximate surface area is 127 Å². The van der Waals surface area contributed by atoms with Gasteiger partial charge >= 0.3 is 0 Å². The maximum absolute atomic E-state index is 11.4. The predicted molar refractivity (Wildman–Crippen MR) is 79.0 cm³/mol. The van der Waals surface area contributed by atoms with Gasteiger partial charge in [-0.2, -0.15) is 0 Å². The van der Waals surface area contributed by atoms with E-state index in [2.05, 4.69) is 0 Å². The number of fused-ring (bicyclic) bond motifs is 1. The van der Waals surface area contributed by atoms with E-state index in [1.54, 1.807) is 0 Å². The van der Waals surface area contributed by atoms with Crippen molar-refractivity contribution in [3.05, 3.63) is 15.8 Å². The first-order valence-corrected chi connectivity index (χ1v) is 7.89. The molecule has 1 unspecified atom stereocenters. The molecule has 2 saturated heterocycles. The monoisotopic (exact) mass is 312 g/mol. The summed E-state index contributed by atoms with van der Waals surface area (Å²) >= 11 is 1.24. The van der Waals surface area contributed by atoms with E-state index in [4.69, 9.17) is 25.7 Å². The van der Waals surface area contributed by atoms with Crippen LogP contribution in [0.4, 0.5) is 5.69 Å². The minimum absolute atomic E-state index is 0.0434. The first kappa shape index (κ1) is 14.8. The van der Waals surface area contributed by atoms with Crippen LogP contribution in [-0.4, -0.2) is 30.0 Å². The molecule has 2 aliphatic heterocycles. The topological polar surface area (TPSA) is 96.8 Å². The van der Waals surface area contributed by atoms with E-state index in [-0.39, 0.29) is 24.4 Å². The van der Waals surface area contributed by atoms with Gasteiger partial charge in [-0.15, -0.1) is 11.3 Å². The number of anilines is 1. The van der Waals surface area contributed by atoms with Crippen molar-refractivity contribution >= 4 is 22.9 Å². The summed E-state index contributed by atoms with van der Waals surface area (Å²) in [6.45, 7) is 5.83. The molecular formula is C14H20N2O4S. The van der Waals surface area contributed by atoms with Gasteiger partial charge in [0.1, 0.15) is 23.2 Å². The van der Waals surface area contributed by atoms with Crippen molar-refractivity contribution in [1.29, 1.82) is 0 Å². The molecule has 4 N–H and O–H groups in total. The van der Waals surface area contributed by atoms with Gasteiger partial charge < -0.3 is 25.7 Å². The molecular weight excluding hydrogens is 292 g/mol. The number of thiophene rings is 1. The Hall–Kier alpha value is -1.15. The van der Waals surface area contributed by atoms with Crippen LogP contribution in [-0.2, 0) is 14.2 Å². The molecule has 116 valence electrons. The van der Waals surface area contributed by atoms with Crippen LogP contribution in [0, 0.1) is 0 Å². The average molecular weight is 312 g/mol. The van der Waals surface area contributed by atoms with Crippen LogP contribution in [0.5, 0.6) is 0 Å². The molecule has 1 amide bonds. The van der Waals surface area contributed by atoms with Crippen molar-refractivity contribution in [2.45, 2.75) is 57.4 Å². The molecule has 0 saturated carbocycles. The van der Waals surface area contributed by atoms with Crippen LogP contribution in [0.2, 0.25) is 0 Å². The second-order valence-electron chi connectivity index (χ2n) is 5.87. The fourth-order valence-corrected chi connectivity index (χ4v) is 3.92. The highest BCUT2D eigenvalue weighted by molar-refractivity contribution is 7.12. The fraction of sp³-hybridized carbons (Fsp3) is 0.643. The number of primary amides is 1. The van der Waals surface area contributed by atoms with Crippen molar-refractivity contribution in [2.24, 2.45) is 5.73 Å². The van der Waals surface area contributed by atoms with Crippen molar-refractivity contribution in [3.63, 3.8) is 0 Å². The van der Waals surface area contributed by atoms with Gasteiger partial charge in [0.2, 0.25) is 0 Å². The zero-order valence-corrected chi connectivity index (χ0v) is 13.1. The second kappa shape index (κ2) is 4.95. The van der Waals surface area contributed by atoms with E-state index in [0.29, 0.717) is 10.6 Å². The molecule has 0 aromatic carbocycles. The number of nitrogens with two attached hydrogens (primary N) is 2. The van der Waals surface area contributed by atoms with Crippen molar-refractivity contribution in [3.8, 4) is 0 Å². The van der Waals surface area contributed by atoms with E-state index >= 15 is 0 Å². The first-order chi connectivity index (χ1) is 9.84. The lowest BCUT2D eigenvalue weighted by molar-refractivity contribution is -0.187. The fourth-order valence-electron chi connectivity index (χ4n) is 3.05. The highest BCUT2D eigenvalue weighted by Gasteiger charge is 2.55. The van der Waals surface area contributed by atoms with Gasteiger partial charge in [-0.3, -0.25) is 4.79 Å². The Morgan fingerprint density at radius 3 is 2.62 bits per heavy atom. The largest absolute Gasteiger partial charge is 0.397 e. The summed E-state index contributed by atoms with van der Waals surface area (Å²) < 4.78 is 18.0. The average Bonchev–Trinajstić information content (AvgIpc) is 3.00. The number of hydrogen-bond acceptors (Lipinski definition) is 6. The molecule has 21 heavy (non-hydrogen) atoms. The number of amides is 1. The molecule has 3 rings (SSSR count). The van der Waals surface area contributed by atoms with Gasteiger partial charge in [0, 0.05) is 5.56 Å². The van der Waals surface area contributed by atoms with Gasteiger partial charge in [-0.1, -0.05) is 6.92 Å². The SMILES string of the molecule is CC[C@H]1O[C@@H](c2csc(C(N)=O)c2N)C2OC(C)(C)O[C@H]21. The molecule has 1 aromatic heterocycles.